The normalized spacial score (nSPS) is 10.6. The number of carbonyl (C=O) groups is 1. The Labute approximate surface area is 139 Å². The Kier molecular flexibility index (Phi) is 4.33. The summed E-state index contributed by atoms with van der Waals surface area (Å²) in [6.07, 6.45) is 0. The predicted molar refractivity (Wildman–Crippen MR) is 93.2 cm³/mol. The van der Waals surface area contributed by atoms with E-state index >= 15 is 0 Å². The van der Waals surface area contributed by atoms with Crippen LogP contribution in [0.5, 0.6) is 0 Å². The zero-order valence-corrected chi connectivity index (χ0v) is 13.3. The highest BCUT2D eigenvalue weighted by atomic mass is 19.1. The van der Waals surface area contributed by atoms with Crippen molar-refractivity contribution in [1.82, 2.24) is 4.98 Å². The van der Waals surface area contributed by atoms with E-state index < -0.39 is 5.91 Å². The summed E-state index contributed by atoms with van der Waals surface area (Å²) >= 11 is 0. The lowest BCUT2D eigenvalue weighted by Crippen LogP contribution is -2.10. The van der Waals surface area contributed by atoms with E-state index in [1.165, 1.54) is 12.1 Å². The molecule has 0 spiro atoms. The van der Waals surface area contributed by atoms with Crippen LogP contribution in [0.2, 0.25) is 0 Å². The maximum Gasteiger partial charge on any atom is 0.250 e. The molecule has 0 bridgehead atoms. The summed E-state index contributed by atoms with van der Waals surface area (Å²) in [5.74, 6) is -0.702. The maximum absolute atomic E-state index is 13.0. The number of aromatic amines is 1. The lowest BCUT2D eigenvalue weighted by Gasteiger charge is -2.11. The third-order valence-corrected chi connectivity index (χ3v) is 3.89. The van der Waals surface area contributed by atoms with Crippen LogP contribution in [0.4, 0.5) is 10.1 Å². The topological polar surface area (TPSA) is 70.9 Å². The monoisotopic (exact) mass is 323 g/mol. The van der Waals surface area contributed by atoms with Gasteiger partial charge in [-0.15, -0.1) is 0 Å². The molecule has 122 valence electrons. The van der Waals surface area contributed by atoms with Gasteiger partial charge in [-0.2, -0.15) is 0 Å². The first-order valence-electron chi connectivity index (χ1n) is 7.61. The van der Waals surface area contributed by atoms with Gasteiger partial charge in [0.25, 0.3) is 5.91 Å². The minimum absolute atomic E-state index is 0.250. The predicted octanol–water partition coefficient (Wildman–Crippen LogP) is 3.84. The second-order valence-electron chi connectivity index (χ2n) is 5.61. The van der Waals surface area contributed by atoms with Crippen LogP contribution in [-0.2, 0) is 6.54 Å². The summed E-state index contributed by atoms with van der Waals surface area (Å²) in [6, 6.07) is 15.9. The first-order valence-corrected chi connectivity index (χ1v) is 7.61. The second kappa shape index (κ2) is 6.58. The van der Waals surface area contributed by atoms with Crippen molar-refractivity contribution >= 4 is 11.6 Å². The number of hydrogen-bond donors (Lipinski definition) is 3. The summed E-state index contributed by atoms with van der Waals surface area (Å²) in [7, 11) is 0. The van der Waals surface area contributed by atoms with Crippen molar-refractivity contribution in [3.05, 3.63) is 77.2 Å². The molecule has 1 amide bonds. The van der Waals surface area contributed by atoms with E-state index in [0.29, 0.717) is 12.1 Å². The molecular weight excluding hydrogens is 305 g/mol. The summed E-state index contributed by atoms with van der Waals surface area (Å²) in [5, 5.41) is 3.35. The molecule has 0 saturated heterocycles. The Morgan fingerprint density at radius 1 is 1.17 bits per heavy atom. The number of aromatic nitrogens is 1. The quantitative estimate of drug-likeness (QED) is 0.667. The number of halogens is 1. The van der Waals surface area contributed by atoms with Crippen LogP contribution in [0.25, 0.3) is 11.3 Å². The van der Waals surface area contributed by atoms with Crippen LogP contribution in [0.15, 0.2) is 54.6 Å². The van der Waals surface area contributed by atoms with Gasteiger partial charge in [0.1, 0.15) is 5.82 Å². The largest absolute Gasteiger partial charge is 0.380 e. The first kappa shape index (κ1) is 15.8. The van der Waals surface area contributed by atoms with Gasteiger partial charge in [-0.25, -0.2) is 4.39 Å². The third kappa shape index (κ3) is 3.30. The van der Waals surface area contributed by atoms with Crippen LogP contribution in [-0.4, -0.2) is 10.9 Å². The molecule has 1 aromatic heterocycles. The second-order valence-corrected chi connectivity index (χ2v) is 5.61. The van der Waals surface area contributed by atoms with Gasteiger partial charge in [0.15, 0.2) is 0 Å². The molecule has 0 saturated carbocycles. The summed E-state index contributed by atoms with van der Waals surface area (Å²) in [4.78, 5) is 14.6. The fourth-order valence-corrected chi connectivity index (χ4v) is 2.63. The average Bonchev–Trinajstić information content (AvgIpc) is 2.96. The lowest BCUT2D eigenvalue weighted by atomic mass is 10.1. The Balaban J connectivity index is 1.86. The molecule has 4 nitrogen and oxygen atoms in total. The molecule has 0 fully saturated rings. The average molecular weight is 323 g/mol. The van der Waals surface area contributed by atoms with Crippen molar-refractivity contribution in [2.24, 2.45) is 5.73 Å². The van der Waals surface area contributed by atoms with Gasteiger partial charge >= 0.3 is 0 Å². The Hall–Kier alpha value is -3.08. The van der Waals surface area contributed by atoms with Crippen LogP contribution in [0.3, 0.4) is 0 Å². The van der Waals surface area contributed by atoms with Crippen molar-refractivity contribution in [2.75, 3.05) is 5.32 Å². The number of benzene rings is 2. The van der Waals surface area contributed by atoms with Crippen molar-refractivity contribution in [3.8, 4) is 11.3 Å². The van der Waals surface area contributed by atoms with Crippen LogP contribution >= 0.6 is 0 Å². The van der Waals surface area contributed by atoms with Gasteiger partial charge in [0, 0.05) is 29.2 Å². The molecular formula is C19H18FN3O. The number of nitrogens with two attached hydrogens (primary N) is 1. The third-order valence-electron chi connectivity index (χ3n) is 3.89. The smallest absolute Gasteiger partial charge is 0.250 e. The van der Waals surface area contributed by atoms with E-state index in [9.17, 15) is 9.18 Å². The number of H-pyrrole nitrogens is 1. The highest BCUT2D eigenvalue weighted by Crippen LogP contribution is 2.29. The zero-order chi connectivity index (χ0) is 17.1. The molecule has 3 aromatic rings. The number of anilines is 1. The van der Waals surface area contributed by atoms with E-state index in [0.717, 1.165) is 28.2 Å². The van der Waals surface area contributed by atoms with Crippen LogP contribution in [0.1, 0.15) is 21.6 Å². The molecule has 1 heterocycles. The highest BCUT2D eigenvalue weighted by Gasteiger charge is 2.13. The molecule has 0 atom stereocenters. The van der Waals surface area contributed by atoms with Gasteiger partial charge in [0.2, 0.25) is 0 Å². The fourth-order valence-electron chi connectivity index (χ4n) is 2.63. The summed E-state index contributed by atoms with van der Waals surface area (Å²) in [5.41, 5.74) is 10.3. The van der Waals surface area contributed by atoms with E-state index in [1.54, 1.807) is 18.2 Å². The van der Waals surface area contributed by atoms with Crippen molar-refractivity contribution in [2.45, 2.75) is 13.5 Å². The number of carbonyl (C=O) groups excluding carboxylic acids is 1. The molecule has 24 heavy (non-hydrogen) atoms. The van der Waals surface area contributed by atoms with Gasteiger partial charge < -0.3 is 16.0 Å². The number of primary amides is 1. The lowest BCUT2D eigenvalue weighted by molar-refractivity contribution is 0.1000. The van der Waals surface area contributed by atoms with Crippen molar-refractivity contribution < 1.29 is 9.18 Å². The number of para-hydroxylation sites is 1. The number of rotatable bonds is 5. The molecule has 4 N–H and O–H groups in total. The highest BCUT2D eigenvalue weighted by molar-refractivity contribution is 5.96. The van der Waals surface area contributed by atoms with Gasteiger partial charge in [0.05, 0.1) is 5.56 Å². The van der Waals surface area contributed by atoms with Crippen LogP contribution in [0, 0.1) is 12.7 Å². The molecule has 2 aromatic carbocycles. The summed E-state index contributed by atoms with van der Waals surface area (Å²) in [6.45, 7) is 2.39. The zero-order valence-electron chi connectivity index (χ0n) is 13.3. The minimum atomic E-state index is -0.452. The maximum atomic E-state index is 13.0. The number of hydrogen-bond acceptors (Lipinski definition) is 2. The number of nitrogens with one attached hydrogen (secondary N) is 2. The molecule has 0 radical (unpaired) electrons. The fraction of sp³-hybridized carbons (Fsp3) is 0.105. The minimum Gasteiger partial charge on any atom is -0.380 e. The molecule has 0 aliphatic heterocycles. The molecule has 0 unspecified atom stereocenters. The van der Waals surface area contributed by atoms with Gasteiger partial charge in [-0.05, 0) is 36.8 Å². The Morgan fingerprint density at radius 2 is 1.88 bits per heavy atom. The van der Waals surface area contributed by atoms with Crippen LogP contribution < -0.4 is 11.1 Å². The first-order chi connectivity index (χ1) is 11.5. The Morgan fingerprint density at radius 3 is 2.54 bits per heavy atom. The Bertz CT molecular complexity index is 869. The summed E-state index contributed by atoms with van der Waals surface area (Å²) < 4.78 is 13.0. The van der Waals surface area contributed by atoms with Gasteiger partial charge in [-0.3, -0.25) is 4.79 Å². The van der Waals surface area contributed by atoms with E-state index in [-0.39, 0.29) is 5.82 Å². The van der Waals surface area contributed by atoms with E-state index in [2.05, 4.69) is 10.3 Å². The standard InChI is InChI=1S/C19H18FN3O/c1-12-16(19(21)24)10-18(23-12)15-4-2-3-5-17(15)22-11-13-6-8-14(20)9-7-13/h2-10,22-23H,11H2,1H3,(H2,21,24). The number of amides is 1. The van der Waals surface area contributed by atoms with Gasteiger partial charge in [-0.1, -0.05) is 30.3 Å². The molecule has 0 aliphatic rings. The molecule has 3 rings (SSSR count). The molecule has 0 aliphatic carbocycles. The number of aryl methyl sites for hydroxylation is 1. The van der Waals surface area contributed by atoms with Crippen molar-refractivity contribution in [1.29, 1.82) is 0 Å². The van der Waals surface area contributed by atoms with Crippen molar-refractivity contribution in [3.63, 3.8) is 0 Å². The molecule has 5 heteroatoms. The SMILES string of the molecule is Cc1[nH]c(-c2ccccc2NCc2ccc(F)cc2)cc1C(N)=O. The van der Waals surface area contributed by atoms with E-state index in [4.69, 9.17) is 5.73 Å². The van der Waals surface area contributed by atoms with E-state index in [1.807, 2.05) is 31.2 Å².